The zero-order valence-corrected chi connectivity index (χ0v) is 23.3. The van der Waals surface area contributed by atoms with Gasteiger partial charge in [-0.05, 0) is 57.5 Å². The number of carbonyl (C=O) groups is 2. The first-order chi connectivity index (χ1) is 18.8. The molecular weight excluding hydrogens is 520 g/mol. The smallest absolute Gasteiger partial charge is 0.338 e. The van der Waals surface area contributed by atoms with Gasteiger partial charge < -0.3 is 18.9 Å². The summed E-state index contributed by atoms with van der Waals surface area (Å²) in [5.74, 6) is 0.393. The number of rotatable bonds is 9. The molecule has 10 heteroatoms. The van der Waals surface area contributed by atoms with Crippen LogP contribution in [0.3, 0.4) is 0 Å². The number of benzene rings is 2. The van der Waals surface area contributed by atoms with Crippen LogP contribution in [0.5, 0.6) is 17.2 Å². The van der Waals surface area contributed by atoms with E-state index in [2.05, 4.69) is 4.99 Å². The van der Waals surface area contributed by atoms with Crippen LogP contribution in [0.1, 0.15) is 51.8 Å². The fourth-order valence-corrected chi connectivity index (χ4v) is 5.37. The maximum absolute atomic E-state index is 13.9. The second kappa shape index (κ2) is 12.1. The van der Waals surface area contributed by atoms with Crippen molar-refractivity contribution in [1.29, 1.82) is 0 Å². The average molecular weight is 551 g/mol. The number of thiazole rings is 1. The number of carbonyl (C=O) groups excluding carboxylic acids is 2. The van der Waals surface area contributed by atoms with E-state index in [4.69, 9.17) is 18.9 Å². The van der Waals surface area contributed by atoms with Gasteiger partial charge in [0.1, 0.15) is 5.75 Å². The van der Waals surface area contributed by atoms with E-state index in [0.29, 0.717) is 56.6 Å². The average Bonchev–Trinajstić information content (AvgIpc) is 3.19. The molecule has 204 valence electrons. The van der Waals surface area contributed by atoms with E-state index in [1.54, 1.807) is 56.3 Å². The van der Waals surface area contributed by atoms with Crippen molar-refractivity contribution in [1.82, 2.24) is 4.57 Å². The second-order valence-corrected chi connectivity index (χ2v) is 9.52. The van der Waals surface area contributed by atoms with E-state index in [9.17, 15) is 14.4 Å². The van der Waals surface area contributed by atoms with Crippen LogP contribution >= 0.6 is 11.3 Å². The number of esters is 2. The van der Waals surface area contributed by atoms with Gasteiger partial charge >= 0.3 is 11.9 Å². The summed E-state index contributed by atoms with van der Waals surface area (Å²) < 4.78 is 24.1. The lowest BCUT2D eigenvalue weighted by Crippen LogP contribution is -2.40. The third-order valence-corrected chi connectivity index (χ3v) is 6.84. The predicted molar refractivity (Wildman–Crippen MR) is 147 cm³/mol. The molecule has 39 heavy (non-hydrogen) atoms. The molecule has 0 amide bonds. The van der Waals surface area contributed by atoms with Gasteiger partial charge in [0.2, 0.25) is 0 Å². The number of fused-ring (bicyclic) bond motifs is 1. The van der Waals surface area contributed by atoms with Gasteiger partial charge in [-0.2, -0.15) is 0 Å². The molecule has 2 heterocycles. The van der Waals surface area contributed by atoms with Crippen molar-refractivity contribution in [3.05, 3.63) is 84.5 Å². The van der Waals surface area contributed by atoms with Crippen LogP contribution in [-0.2, 0) is 14.3 Å². The molecule has 1 aromatic heterocycles. The van der Waals surface area contributed by atoms with Gasteiger partial charge in [0.25, 0.3) is 5.56 Å². The van der Waals surface area contributed by atoms with Crippen LogP contribution in [0, 0.1) is 0 Å². The predicted octanol–water partition coefficient (Wildman–Crippen LogP) is 3.52. The van der Waals surface area contributed by atoms with Crippen LogP contribution in [0.4, 0.5) is 0 Å². The highest BCUT2D eigenvalue weighted by molar-refractivity contribution is 7.07. The summed E-state index contributed by atoms with van der Waals surface area (Å²) in [6, 6.07) is 11.5. The third kappa shape index (κ3) is 5.80. The Labute approximate surface area is 229 Å². The number of nitrogens with zero attached hydrogens (tertiary/aromatic N) is 2. The molecule has 0 fully saturated rings. The van der Waals surface area contributed by atoms with Crippen LogP contribution in [-0.4, -0.2) is 36.3 Å². The van der Waals surface area contributed by atoms with E-state index in [1.165, 1.54) is 22.8 Å². The number of hydrogen-bond donors (Lipinski definition) is 0. The van der Waals surface area contributed by atoms with E-state index in [1.807, 2.05) is 19.9 Å². The minimum Gasteiger partial charge on any atom is -0.490 e. The molecular formula is C29H30N2O7S. The Bertz CT molecular complexity index is 1620. The van der Waals surface area contributed by atoms with E-state index < -0.39 is 18.0 Å². The first-order valence-electron chi connectivity index (χ1n) is 12.7. The quantitative estimate of drug-likeness (QED) is 0.297. The molecule has 0 saturated heterocycles. The summed E-state index contributed by atoms with van der Waals surface area (Å²) >= 11 is 1.18. The largest absolute Gasteiger partial charge is 0.490 e. The normalized spacial score (nSPS) is 14.9. The highest BCUT2D eigenvalue weighted by Crippen LogP contribution is 2.36. The Morgan fingerprint density at radius 3 is 2.41 bits per heavy atom. The molecule has 9 nitrogen and oxygen atoms in total. The van der Waals surface area contributed by atoms with Gasteiger partial charge in [-0.25, -0.2) is 9.79 Å². The Hall–Kier alpha value is -4.18. The zero-order chi connectivity index (χ0) is 28.1. The van der Waals surface area contributed by atoms with Gasteiger partial charge in [-0.1, -0.05) is 35.6 Å². The van der Waals surface area contributed by atoms with Gasteiger partial charge in [0.05, 0.1) is 41.7 Å². The highest BCUT2D eigenvalue weighted by Gasteiger charge is 2.34. The van der Waals surface area contributed by atoms with Crippen molar-refractivity contribution >= 4 is 29.4 Å². The molecule has 0 spiro atoms. The molecule has 2 aromatic carbocycles. The first-order valence-corrected chi connectivity index (χ1v) is 13.5. The Balaban J connectivity index is 1.95. The van der Waals surface area contributed by atoms with Crippen molar-refractivity contribution in [3.8, 4) is 17.2 Å². The molecule has 0 radical (unpaired) electrons. The van der Waals surface area contributed by atoms with Crippen molar-refractivity contribution < 1.29 is 28.5 Å². The molecule has 1 atom stereocenters. The van der Waals surface area contributed by atoms with Gasteiger partial charge in [-0.3, -0.25) is 14.2 Å². The van der Waals surface area contributed by atoms with E-state index in [-0.39, 0.29) is 17.7 Å². The SMILES string of the molecule is CCOC(=O)C1=C(C)N=c2sc(=Cc3ccccc3OC(C)=O)c(=O)n2C1c1ccc(OCC)c(OCC)c1. The van der Waals surface area contributed by atoms with Gasteiger partial charge in [0.15, 0.2) is 16.3 Å². The highest BCUT2D eigenvalue weighted by atomic mass is 32.1. The molecule has 0 N–H and O–H groups in total. The first kappa shape index (κ1) is 27.8. The van der Waals surface area contributed by atoms with Crippen LogP contribution in [0.15, 0.2) is 63.5 Å². The molecule has 3 aromatic rings. The number of aromatic nitrogens is 1. The third-order valence-electron chi connectivity index (χ3n) is 5.86. The topological polar surface area (TPSA) is 105 Å². The van der Waals surface area contributed by atoms with Crippen molar-refractivity contribution in [2.24, 2.45) is 4.99 Å². The van der Waals surface area contributed by atoms with Gasteiger partial charge in [0, 0.05) is 12.5 Å². The Morgan fingerprint density at radius 1 is 1.00 bits per heavy atom. The van der Waals surface area contributed by atoms with Crippen LogP contribution < -0.4 is 29.1 Å². The molecule has 1 aliphatic rings. The summed E-state index contributed by atoms with van der Waals surface area (Å²) in [5.41, 5.74) is 1.59. The van der Waals surface area contributed by atoms with Crippen molar-refractivity contribution in [2.75, 3.05) is 19.8 Å². The van der Waals surface area contributed by atoms with Crippen LogP contribution in [0.25, 0.3) is 6.08 Å². The fraction of sp³-hybridized carbons (Fsp3) is 0.310. The Morgan fingerprint density at radius 2 is 1.72 bits per heavy atom. The zero-order valence-electron chi connectivity index (χ0n) is 22.5. The fourth-order valence-electron chi connectivity index (χ4n) is 4.33. The minimum atomic E-state index is -0.805. The molecule has 0 aliphatic carbocycles. The summed E-state index contributed by atoms with van der Waals surface area (Å²) in [7, 11) is 0. The lowest BCUT2D eigenvalue weighted by atomic mass is 9.95. The monoisotopic (exact) mass is 550 g/mol. The molecule has 1 unspecified atom stereocenters. The molecule has 0 bridgehead atoms. The standard InChI is InChI=1S/C29H30N2O7S/c1-6-35-22-14-13-20(15-23(22)36-7-2)26-25(28(34)37-8-3)17(4)30-29-31(26)27(33)24(39-29)16-19-11-9-10-12-21(19)38-18(5)32/h9-16,26H,6-8H2,1-5H3. The lowest BCUT2D eigenvalue weighted by molar-refractivity contribution is -0.139. The summed E-state index contributed by atoms with van der Waals surface area (Å²) in [6.07, 6.45) is 1.66. The summed E-state index contributed by atoms with van der Waals surface area (Å²) in [4.78, 5) is 43.7. The Kier molecular flexibility index (Phi) is 8.65. The van der Waals surface area contributed by atoms with E-state index in [0.717, 1.165) is 0 Å². The molecule has 0 saturated carbocycles. The summed E-state index contributed by atoms with van der Waals surface area (Å²) in [6.45, 7) is 9.56. The number of hydrogen-bond acceptors (Lipinski definition) is 9. The number of para-hydroxylation sites is 1. The number of allylic oxidation sites excluding steroid dienone is 1. The maximum atomic E-state index is 13.9. The minimum absolute atomic E-state index is 0.174. The van der Waals surface area contributed by atoms with Crippen molar-refractivity contribution in [3.63, 3.8) is 0 Å². The summed E-state index contributed by atoms with van der Waals surface area (Å²) in [5, 5.41) is 0. The van der Waals surface area contributed by atoms with Gasteiger partial charge in [-0.15, -0.1) is 0 Å². The number of ether oxygens (including phenoxy) is 4. The van der Waals surface area contributed by atoms with Crippen molar-refractivity contribution in [2.45, 2.75) is 40.7 Å². The molecule has 4 rings (SSSR count). The molecule has 1 aliphatic heterocycles. The van der Waals surface area contributed by atoms with E-state index >= 15 is 0 Å². The maximum Gasteiger partial charge on any atom is 0.338 e. The van der Waals surface area contributed by atoms with Crippen LogP contribution in [0.2, 0.25) is 0 Å². The lowest BCUT2D eigenvalue weighted by Gasteiger charge is -2.25. The second-order valence-electron chi connectivity index (χ2n) is 8.51.